The highest BCUT2D eigenvalue weighted by Gasteiger charge is 2.46. The van der Waals surface area contributed by atoms with Gasteiger partial charge in [0.05, 0.1) is 22.0 Å². The minimum atomic E-state index is -0.529. The summed E-state index contributed by atoms with van der Waals surface area (Å²) in [5, 5.41) is 15.4. The van der Waals surface area contributed by atoms with Gasteiger partial charge in [-0.05, 0) is 42.9 Å². The minimum Gasteiger partial charge on any atom is -0.507 e. The number of H-pyrrole nitrogens is 1. The second-order valence-corrected chi connectivity index (χ2v) is 10.2. The molecule has 1 saturated carbocycles. The van der Waals surface area contributed by atoms with Crippen molar-refractivity contribution in [3.8, 4) is 17.5 Å². The molecule has 4 heterocycles. The van der Waals surface area contributed by atoms with Crippen LogP contribution in [0.4, 0.5) is 15.9 Å². The summed E-state index contributed by atoms with van der Waals surface area (Å²) >= 11 is 0. The average Bonchev–Trinajstić information content (AvgIpc) is 3.39. The highest BCUT2D eigenvalue weighted by Crippen LogP contribution is 2.44. The Labute approximate surface area is 215 Å². The lowest BCUT2D eigenvalue weighted by molar-refractivity contribution is 0.194. The van der Waals surface area contributed by atoms with E-state index in [0.29, 0.717) is 56.2 Å². The molecule has 11 heteroatoms. The minimum absolute atomic E-state index is 0.0304. The van der Waals surface area contributed by atoms with Crippen molar-refractivity contribution in [2.75, 3.05) is 30.4 Å². The number of ether oxygens (including phenoxy) is 1. The van der Waals surface area contributed by atoms with Crippen molar-refractivity contribution in [1.29, 1.82) is 0 Å². The Morgan fingerprint density at radius 1 is 1.21 bits per heavy atom. The molecule has 0 spiro atoms. The first kappa shape index (κ1) is 22.8. The van der Waals surface area contributed by atoms with Gasteiger partial charge in [-0.1, -0.05) is 0 Å². The van der Waals surface area contributed by atoms with E-state index in [1.807, 2.05) is 0 Å². The number of phenolic OH excluding ortho intramolecular Hbond substituents is 1. The highest BCUT2D eigenvalue weighted by atomic mass is 19.1. The summed E-state index contributed by atoms with van der Waals surface area (Å²) in [4.78, 5) is 26.7. The Morgan fingerprint density at radius 2 is 2.05 bits per heavy atom. The fourth-order valence-corrected chi connectivity index (χ4v) is 6.03. The average molecular weight is 517 g/mol. The van der Waals surface area contributed by atoms with Crippen LogP contribution in [-0.4, -0.2) is 46.2 Å². The summed E-state index contributed by atoms with van der Waals surface area (Å²) in [7, 11) is 1.73. The number of hydrogen-bond donors (Lipinski definition) is 4. The largest absolute Gasteiger partial charge is 0.507 e. The van der Waals surface area contributed by atoms with E-state index < -0.39 is 5.63 Å². The molecular formula is C27H25FN6O4. The van der Waals surface area contributed by atoms with Gasteiger partial charge in [0.25, 0.3) is 0 Å². The van der Waals surface area contributed by atoms with Gasteiger partial charge in [0.2, 0.25) is 0 Å². The normalized spacial score (nSPS) is 20.7. The molecule has 1 saturated heterocycles. The number of phenols is 1. The zero-order valence-electron chi connectivity index (χ0n) is 20.7. The predicted octanol–water partition coefficient (Wildman–Crippen LogP) is 3.99. The first-order valence-electron chi connectivity index (χ1n) is 12.5. The topological polar surface area (TPSA) is 143 Å². The third kappa shape index (κ3) is 3.38. The van der Waals surface area contributed by atoms with Crippen LogP contribution in [0.1, 0.15) is 12.0 Å². The molecule has 194 valence electrons. The zero-order valence-corrected chi connectivity index (χ0v) is 20.7. The third-order valence-corrected chi connectivity index (χ3v) is 7.87. The summed E-state index contributed by atoms with van der Waals surface area (Å²) in [6.07, 6.45) is 0.964. The van der Waals surface area contributed by atoms with E-state index in [9.17, 15) is 14.3 Å². The zero-order chi connectivity index (χ0) is 26.3. The van der Waals surface area contributed by atoms with Crippen LogP contribution in [0, 0.1) is 24.6 Å². The molecule has 0 radical (unpaired) electrons. The van der Waals surface area contributed by atoms with E-state index in [1.165, 1.54) is 30.3 Å². The fourth-order valence-electron chi connectivity index (χ4n) is 6.03. The molecule has 2 aromatic carbocycles. The third-order valence-electron chi connectivity index (χ3n) is 7.87. The van der Waals surface area contributed by atoms with Gasteiger partial charge in [0.15, 0.2) is 0 Å². The monoisotopic (exact) mass is 516 g/mol. The van der Waals surface area contributed by atoms with Gasteiger partial charge in [-0.25, -0.2) is 9.18 Å². The van der Waals surface area contributed by atoms with E-state index >= 15 is 0 Å². The molecule has 7 rings (SSSR count). The Morgan fingerprint density at radius 3 is 2.82 bits per heavy atom. The van der Waals surface area contributed by atoms with Crippen LogP contribution in [0.25, 0.3) is 32.9 Å². The van der Waals surface area contributed by atoms with E-state index in [0.717, 1.165) is 19.5 Å². The van der Waals surface area contributed by atoms with Gasteiger partial charge in [0, 0.05) is 49.8 Å². The number of aromatic nitrogens is 3. The molecule has 2 unspecified atom stereocenters. The van der Waals surface area contributed by atoms with Gasteiger partial charge in [-0.15, -0.1) is 0 Å². The number of aromatic hydroxyl groups is 1. The SMILES string of the molecule is CNc1cc(F)cc2c1[nH]c1nc(Oc3cc(O)c4c(C)cc(=O)oc4c3)nc(N3CC4C[C@@H](N)C4C3)c12. The van der Waals surface area contributed by atoms with Crippen molar-refractivity contribution >= 4 is 44.4 Å². The summed E-state index contributed by atoms with van der Waals surface area (Å²) in [5.41, 5.74) is 8.29. The molecule has 3 aromatic heterocycles. The lowest BCUT2D eigenvalue weighted by Crippen LogP contribution is -2.46. The molecule has 5 N–H and O–H groups in total. The summed E-state index contributed by atoms with van der Waals surface area (Å²) in [5.74, 6) is 1.22. The number of anilines is 2. The van der Waals surface area contributed by atoms with Crippen molar-refractivity contribution in [2.45, 2.75) is 19.4 Å². The molecule has 3 atom stereocenters. The molecule has 5 aromatic rings. The Bertz CT molecular complexity index is 1830. The van der Waals surface area contributed by atoms with E-state index in [1.54, 1.807) is 14.0 Å². The quantitative estimate of drug-likeness (QED) is 0.261. The number of nitrogens with two attached hydrogens (primary N) is 1. The van der Waals surface area contributed by atoms with Crippen LogP contribution in [-0.2, 0) is 0 Å². The number of halogens is 1. The van der Waals surface area contributed by atoms with Crippen LogP contribution in [0.5, 0.6) is 17.5 Å². The van der Waals surface area contributed by atoms with Gasteiger partial charge in [0.1, 0.15) is 34.4 Å². The number of aromatic amines is 1. The van der Waals surface area contributed by atoms with Gasteiger partial charge in [-0.3, -0.25) is 0 Å². The second-order valence-electron chi connectivity index (χ2n) is 10.2. The van der Waals surface area contributed by atoms with E-state index in [-0.39, 0.29) is 35.0 Å². The standard InChI is InChI=1S/C27H25FN6O4/c1-11-3-21(36)38-20-8-14(7-19(35)22(11)20)37-27-32-25-23(15-5-13(28)6-18(30-2)24(15)31-25)26(33-27)34-9-12-4-17(29)16(12)10-34/h3,5-8,12,16-17,30,35H,4,9-10,29H2,1-2H3,(H,31,32,33)/t12?,16?,17-/m1/s1. The lowest BCUT2D eigenvalue weighted by Gasteiger charge is -2.36. The number of nitrogens with one attached hydrogen (secondary N) is 2. The van der Waals surface area contributed by atoms with Crippen LogP contribution in [0.2, 0.25) is 0 Å². The fraction of sp³-hybridized carbons (Fsp3) is 0.296. The number of fused-ring (bicyclic) bond motifs is 5. The van der Waals surface area contributed by atoms with Crippen molar-refractivity contribution in [2.24, 2.45) is 17.6 Å². The van der Waals surface area contributed by atoms with Crippen molar-refractivity contribution in [3.05, 3.63) is 52.1 Å². The molecule has 2 fully saturated rings. The second kappa shape index (κ2) is 8.06. The van der Waals surface area contributed by atoms with E-state index in [2.05, 4.69) is 20.2 Å². The molecular weight excluding hydrogens is 491 g/mol. The number of aryl methyl sites for hydroxylation is 1. The van der Waals surface area contributed by atoms with Gasteiger partial charge in [-0.2, -0.15) is 9.97 Å². The Balaban J connectivity index is 1.40. The first-order chi connectivity index (χ1) is 18.3. The number of nitrogens with zero attached hydrogens (tertiary/aromatic N) is 3. The molecule has 1 aliphatic carbocycles. The number of hydrogen-bond acceptors (Lipinski definition) is 9. The highest BCUT2D eigenvalue weighted by molar-refractivity contribution is 6.14. The van der Waals surface area contributed by atoms with Crippen molar-refractivity contribution in [3.63, 3.8) is 0 Å². The molecule has 0 bridgehead atoms. The molecule has 38 heavy (non-hydrogen) atoms. The smallest absolute Gasteiger partial charge is 0.336 e. The maximum Gasteiger partial charge on any atom is 0.336 e. The lowest BCUT2D eigenvalue weighted by atomic mass is 9.72. The Kier molecular flexibility index (Phi) is 4.83. The van der Waals surface area contributed by atoms with Gasteiger partial charge >= 0.3 is 11.6 Å². The predicted molar refractivity (Wildman–Crippen MR) is 142 cm³/mol. The first-order valence-corrected chi connectivity index (χ1v) is 12.5. The van der Waals surface area contributed by atoms with E-state index in [4.69, 9.17) is 19.9 Å². The molecule has 10 nitrogen and oxygen atoms in total. The van der Waals surface area contributed by atoms with Crippen LogP contribution >= 0.6 is 0 Å². The summed E-state index contributed by atoms with van der Waals surface area (Å²) in [6.45, 7) is 3.24. The molecule has 1 aliphatic heterocycles. The molecule has 2 aliphatic rings. The molecule has 0 amide bonds. The van der Waals surface area contributed by atoms with Crippen LogP contribution < -0.4 is 26.3 Å². The van der Waals surface area contributed by atoms with Crippen molar-refractivity contribution in [1.82, 2.24) is 15.0 Å². The Hall–Kier alpha value is -4.38. The summed E-state index contributed by atoms with van der Waals surface area (Å²) < 4.78 is 25.9. The maximum atomic E-state index is 14.6. The van der Waals surface area contributed by atoms with Gasteiger partial charge < -0.3 is 35.2 Å². The number of rotatable bonds is 4. The van der Waals surface area contributed by atoms with Crippen LogP contribution in [0.3, 0.4) is 0 Å². The maximum absolute atomic E-state index is 14.6. The van der Waals surface area contributed by atoms with Crippen LogP contribution in [0.15, 0.2) is 39.5 Å². The number of benzene rings is 2. The van der Waals surface area contributed by atoms with Crippen molar-refractivity contribution < 1.29 is 18.7 Å². The summed E-state index contributed by atoms with van der Waals surface area (Å²) in [6, 6.07) is 7.35.